The Bertz CT molecular complexity index is 1030. The van der Waals surface area contributed by atoms with Crippen molar-refractivity contribution in [2.45, 2.75) is 43.4 Å². The number of imidazole rings is 1. The van der Waals surface area contributed by atoms with Crippen LogP contribution < -0.4 is 10.6 Å². The van der Waals surface area contributed by atoms with Crippen LogP contribution in [0.1, 0.15) is 41.6 Å². The zero-order valence-corrected chi connectivity index (χ0v) is 18.1. The fourth-order valence-electron chi connectivity index (χ4n) is 3.74. The van der Waals surface area contributed by atoms with Crippen LogP contribution >= 0.6 is 11.8 Å². The summed E-state index contributed by atoms with van der Waals surface area (Å²) in [4.78, 5) is 29.3. The molecule has 6 nitrogen and oxygen atoms in total. The second-order valence-electron chi connectivity index (χ2n) is 7.64. The van der Waals surface area contributed by atoms with Gasteiger partial charge in [-0.05, 0) is 36.6 Å². The average molecular weight is 435 g/mol. The summed E-state index contributed by atoms with van der Waals surface area (Å²) in [5.74, 6) is 0.238. The quantitative estimate of drug-likeness (QED) is 0.527. The normalized spacial score (nSPS) is 13.8. The predicted molar refractivity (Wildman–Crippen MR) is 122 cm³/mol. The van der Waals surface area contributed by atoms with Crippen molar-refractivity contribution in [3.8, 4) is 5.69 Å². The smallest absolute Gasteiger partial charge is 0.251 e. The van der Waals surface area contributed by atoms with Gasteiger partial charge < -0.3 is 10.6 Å². The summed E-state index contributed by atoms with van der Waals surface area (Å²) >= 11 is 1.40. The van der Waals surface area contributed by atoms with Crippen LogP contribution in [0.3, 0.4) is 0 Å². The highest BCUT2D eigenvalue weighted by molar-refractivity contribution is 7.99. The monoisotopic (exact) mass is 434 g/mol. The molecular formula is C24H26N4O2S. The van der Waals surface area contributed by atoms with E-state index in [0.717, 1.165) is 29.2 Å². The van der Waals surface area contributed by atoms with Crippen molar-refractivity contribution in [1.82, 2.24) is 20.2 Å². The van der Waals surface area contributed by atoms with E-state index in [4.69, 9.17) is 0 Å². The number of aromatic nitrogens is 2. The minimum atomic E-state index is -0.129. The van der Waals surface area contributed by atoms with Gasteiger partial charge in [-0.15, -0.1) is 0 Å². The van der Waals surface area contributed by atoms with Gasteiger partial charge in [-0.25, -0.2) is 4.98 Å². The summed E-state index contributed by atoms with van der Waals surface area (Å²) in [6.07, 6.45) is 8.08. The predicted octanol–water partition coefficient (Wildman–Crippen LogP) is 3.95. The molecule has 1 saturated carbocycles. The molecule has 1 heterocycles. The van der Waals surface area contributed by atoms with E-state index >= 15 is 0 Å². The van der Waals surface area contributed by atoms with Gasteiger partial charge in [0, 0.05) is 36.2 Å². The molecule has 0 spiro atoms. The Morgan fingerprint density at radius 3 is 2.68 bits per heavy atom. The first kappa shape index (κ1) is 21.2. The van der Waals surface area contributed by atoms with Crippen molar-refractivity contribution in [2.24, 2.45) is 0 Å². The lowest BCUT2D eigenvalue weighted by molar-refractivity contribution is -0.119. The third-order valence-corrected chi connectivity index (χ3v) is 6.31. The molecule has 0 bridgehead atoms. The Morgan fingerprint density at radius 1 is 1.06 bits per heavy atom. The Morgan fingerprint density at radius 2 is 1.87 bits per heavy atom. The molecule has 3 aromatic rings. The second kappa shape index (κ2) is 10.3. The molecule has 0 atom stereocenters. The first-order valence-corrected chi connectivity index (χ1v) is 11.6. The van der Waals surface area contributed by atoms with E-state index in [0.29, 0.717) is 23.9 Å². The number of amides is 2. The number of hydrogen-bond donors (Lipinski definition) is 2. The number of carbonyl (C=O) groups excluding carboxylic acids is 2. The molecule has 2 aromatic carbocycles. The van der Waals surface area contributed by atoms with Crippen molar-refractivity contribution in [3.63, 3.8) is 0 Å². The second-order valence-corrected chi connectivity index (χ2v) is 8.58. The number of carbonyl (C=O) groups is 2. The van der Waals surface area contributed by atoms with Crippen molar-refractivity contribution in [1.29, 1.82) is 0 Å². The van der Waals surface area contributed by atoms with Gasteiger partial charge in [0.2, 0.25) is 5.91 Å². The first-order valence-electron chi connectivity index (χ1n) is 10.6. The molecule has 2 N–H and O–H groups in total. The Labute approximate surface area is 186 Å². The fourth-order valence-corrected chi connectivity index (χ4v) is 4.52. The van der Waals surface area contributed by atoms with Crippen molar-refractivity contribution < 1.29 is 9.59 Å². The van der Waals surface area contributed by atoms with Crippen LogP contribution in [0.4, 0.5) is 0 Å². The third kappa shape index (κ3) is 5.76. The standard InChI is InChI=1S/C24H26N4O2S/c29-22(27-20-10-4-5-11-20)17-31-24-25-13-14-28(24)21-12-6-9-19(15-21)23(30)26-16-18-7-2-1-3-8-18/h1-3,6-9,12-15,20H,4-5,10-11,16-17H2,(H,26,30)(H,27,29). The maximum atomic E-state index is 12.6. The van der Waals surface area contributed by atoms with E-state index in [9.17, 15) is 9.59 Å². The maximum Gasteiger partial charge on any atom is 0.251 e. The number of nitrogens with one attached hydrogen (secondary N) is 2. The van der Waals surface area contributed by atoms with Gasteiger partial charge >= 0.3 is 0 Å². The number of hydrogen-bond acceptors (Lipinski definition) is 4. The summed E-state index contributed by atoms with van der Waals surface area (Å²) in [5, 5.41) is 6.78. The molecule has 1 fully saturated rings. The Kier molecular flexibility index (Phi) is 7.04. The van der Waals surface area contributed by atoms with E-state index in [-0.39, 0.29) is 11.8 Å². The van der Waals surface area contributed by atoms with Crippen LogP contribution in [0.25, 0.3) is 5.69 Å². The molecule has 0 aliphatic heterocycles. The molecule has 31 heavy (non-hydrogen) atoms. The molecule has 1 aromatic heterocycles. The Balaban J connectivity index is 1.38. The molecule has 1 aliphatic carbocycles. The third-order valence-electron chi connectivity index (χ3n) is 5.34. The number of nitrogens with zero attached hydrogens (tertiary/aromatic N) is 2. The van der Waals surface area contributed by atoms with E-state index in [1.807, 2.05) is 59.3 Å². The van der Waals surface area contributed by atoms with Crippen LogP contribution in [-0.4, -0.2) is 33.2 Å². The van der Waals surface area contributed by atoms with Gasteiger partial charge in [0.15, 0.2) is 5.16 Å². The fraction of sp³-hybridized carbons (Fsp3) is 0.292. The molecule has 0 radical (unpaired) electrons. The number of thioether (sulfide) groups is 1. The maximum absolute atomic E-state index is 12.6. The minimum Gasteiger partial charge on any atom is -0.353 e. The van der Waals surface area contributed by atoms with Crippen LogP contribution in [0.2, 0.25) is 0 Å². The highest BCUT2D eigenvalue weighted by atomic mass is 32.2. The zero-order valence-electron chi connectivity index (χ0n) is 17.3. The molecule has 0 unspecified atom stereocenters. The van der Waals surface area contributed by atoms with Crippen molar-refractivity contribution >= 4 is 23.6 Å². The van der Waals surface area contributed by atoms with Gasteiger partial charge in [-0.1, -0.05) is 61.0 Å². The lowest BCUT2D eigenvalue weighted by atomic mass is 10.1. The van der Waals surface area contributed by atoms with Gasteiger partial charge in [0.1, 0.15) is 0 Å². The van der Waals surface area contributed by atoms with Gasteiger partial charge in [-0.3, -0.25) is 14.2 Å². The van der Waals surface area contributed by atoms with Crippen LogP contribution in [0.15, 0.2) is 72.1 Å². The van der Waals surface area contributed by atoms with Crippen LogP contribution in [0.5, 0.6) is 0 Å². The molecule has 4 rings (SSSR count). The number of benzene rings is 2. The van der Waals surface area contributed by atoms with Crippen molar-refractivity contribution in [3.05, 3.63) is 78.1 Å². The number of rotatable bonds is 8. The van der Waals surface area contributed by atoms with Gasteiger partial charge in [0.05, 0.1) is 5.75 Å². The van der Waals surface area contributed by atoms with E-state index in [2.05, 4.69) is 15.6 Å². The highest BCUT2D eigenvalue weighted by Crippen LogP contribution is 2.22. The molecule has 2 amide bonds. The van der Waals surface area contributed by atoms with E-state index in [1.54, 1.807) is 12.3 Å². The first-order chi connectivity index (χ1) is 15.2. The lowest BCUT2D eigenvalue weighted by Crippen LogP contribution is -2.33. The van der Waals surface area contributed by atoms with E-state index in [1.165, 1.54) is 24.6 Å². The average Bonchev–Trinajstić information content (AvgIpc) is 3.49. The molecule has 1 aliphatic rings. The topological polar surface area (TPSA) is 76.0 Å². The minimum absolute atomic E-state index is 0.0421. The van der Waals surface area contributed by atoms with Crippen LogP contribution in [0, 0.1) is 0 Å². The SMILES string of the molecule is O=C(CSc1nccn1-c1cccc(C(=O)NCc2ccccc2)c1)NC1CCCC1. The zero-order chi connectivity index (χ0) is 21.5. The van der Waals surface area contributed by atoms with Crippen molar-refractivity contribution in [2.75, 3.05) is 5.75 Å². The summed E-state index contributed by atoms with van der Waals surface area (Å²) in [6.45, 7) is 0.478. The molecule has 7 heteroatoms. The van der Waals surface area contributed by atoms with Gasteiger partial charge in [-0.2, -0.15) is 0 Å². The van der Waals surface area contributed by atoms with Gasteiger partial charge in [0.25, 0.3) is 5.91 Å². The summed E-state index contributed by atoms with van der Waals surface area (Å²) in [5.41, 5.74) is 2.47. The summed E-state index contributed by atoms with van der Waals surface area (Å²) < 4.78 is 1.90. The molecule has 160 valence electrons. The highest BCUT2D eigenvalue weighted by Gasteiger charge is 2.18. The van der Waals surface area contributed by atoms with Crippen LogP contribution in [-0.2, 0) is 11.3 Å². The molecule has 0 saturated heterocycles. The summed E-state index contributed by atoms with van der Waals surface area (Å²) in [6, 6.07) is 17.6. The molecular weight excluding hydrogens is 408 g/mol. The summed E-state index contributed by atoms with van der Waals surface area (Å²) in [7, 11) is 0. The Hall–Kier alpha value is -3.06. The van der Waals surface area contributed by atoms with E-state index < -0.39 is 0 Å². The lowest BCUT2D eigenvalue weighted by Gasteiger charge is -2.12. The largest absolute Gasteiger partial charge is 0.353 e.